The molecule has 2 fully saturated rings. The number of hydrogen-bond donors (Lipinski definition) is 0. The zero-order chi connectivity index (χ0) is 21.5. The summed E-state index contributed by atoms with van der Waals surface area (Å²) in [6.07, 6.45) is 0. The SMILES string of the molecule is COC(=O)C1[C@@H]2[C@H]1[C@@H]1C3=C([C@H]2c2ccccc21)[C@H]1c2ccccc2[C@@H]3[C@H]2C(C(=O)OC)[C@H]21. The molecule has 160 valence electrons. The van der Waals surface area contributed by atoms with Gasteiger partial charge in [0.05, 0.1) is 26.1 Å². The second kappa shape index (κ2) is 5.54. The smallest absolute Gasteiger partial charge is 0.309 e. The fourth-order valence-corrected chi connectivity index (χ4v) is 8.93. The molecule has 8 aliphatic carbocycles. The molecular formula is C28H24O4. The quantitative estimate of drug-likeness (QED) is 0.537. The lowest BCUT2D eigenvalue weighted by Gasteiger charge is -2.52. The first-order valence-electron chi connectivity index (χ1n) is 11.8. The number of hydrogen-bond acceptors (Lipinski definition) is 4. The molecule has 2 aromatic rings. The Balaban J connectivity index is 1.36. The van der Waals surface area contributed by atoms with Crippen molar-refractivity contribution in [3.05, 3.63) is 81.9 Å². The molecule has 4 nitrogen and oxygen atoms in total. The van der Waals surface area contributed by atoms with Gasteiger partial charge in [0.2, 0.25) is 0 Å². The van der Waals surface area contributed by atoms with Crippen LogP contribution >= 0.6 is 0 Å². The molecule has 0 heterocycles. The molecule has 0 aliphatic heterocycles. The normalized spacial score (nSPS) is 42.2. The number of methoxy groups -OCH3 is 2. The van der Waals surface area contributed by atoms with Crippen molar-refractivity contribution in [1.82, 2.24) is 0 Å². The predicted octanol–water partition coefficient (Wildman–Crippen LogP) is 4.14. The topological polar surface area (TPSA) is 52.6 Å². The molecule has 0 N–H and O–H groups in total. The molecule has 10 rings (SSSR count). The Labute approximate surface area is 186 Å². The molecule has 4 bridgehead atoms. The minimum Gasteiger partial charge on any atom is -0.469 e. The van der Waals surface area contributed by atoms with Gasteiger partial charge in [-0.05, 0) is 45.9 Å². The van der Waals surface area contributed by atoms with E-state index < -0.39 is 0 Å². The number of ether oxygens (including phenoxy) is 2. The van der Waals surface area contributed by atoms with E-state index in [9.17, 15) is 9.59 Å². The van der Waals surface area contributed by atoms with Crippen LogP contribution in [0.15, 0.2) is 59.7 Å². The lowest BCUT2D eigenvalue weighted by atomic mass is 9.51. The van der Waals surface area contributed by atoms with Crippen molar-refractivity contribution in [2.75, 3.05) is 14.2 Å². The Morgan fingerprint density at radius 1 is 0.562 bits per heavy atom. The van der Waals surface area contributed by atoms with Gasteiger partial charge in [0.1, 0.15) is 0 Å². The Morgan fingerprint density at radius 2 is 0.844 bits per heavy atom. The van der Waals surface area contributed by atoms with Gasteiger partial charge in [-0.25, -0.2) is 0 Å². The highest BCUT2D eigenvalue weighted by Gasteiger charge is 2.77. The van der Waals surface area contributed by atoms with Crippen LogP contribution in [0.1, 0.15) is 45.9 Å². The summed E-state index contributed by atoms with van der Waals surface area (Å²) in [4.78, 5) is 25.5. The number of carbonyl (C=O) groups excluding carboxylic acids is 2. The van der Waals surface area contributed by atoms with E-state index in [0.29, 0.717) is 23.7 Å². The van der Waals surface area contributed by atoms with Crippen LogP contribution < -0.4 is 0 Å². The maximum atomic E-state index is 12.8. The maximum Gasteiger partial charge on any atom is 0.309 e. The Kier molecular flexibility index (Phi) is 3.05. The first-order chi connectivity index (χ1) is 15.7. The van der Waals surface area contributed by atoms with E-state index in [4.69, 9.17) is 9.47 Å². The average molecular weight is 424 g/mol. The van der Waals surface area contributed by atoms with Crippen LogP contribution in [-0.2, 0) is 19.1 Å². The van der Waals surface area contributed by atoms with Gasteiger partial charge in [-0.3, -0.25) is 9.59 Å². The van der Waals surface area contributed by atoms with Crippen LogP contribution in [0, 0.1) is 35.5 Å². The minimum absolute atomic E-state index is 0.0109. The van der Waals surface area contributed by atoms with E-state index in [0.717, 1.165) is 0 Å². The molecule has 8 aliphatic rings. The molecule has 2 saturated carbocycles. The van der Waals surface area contributed by atoms with Crippen LogP contribution in [0.2, 0.25) is 0 Å². The molecule has 0 radical (unpaired) electrons. The van der Waals surface area contributed by atoms with Gasteiger partial charge in [0.15, 0.2) is 0 Å². The largest absolute Gasteiger partial charge is 0.469 e. The monoisotopic (exact) mass is 424 g/mol. The van der Waals surface area contributed by atoms with Crippen molar-refractivity contribution >= 4 is 11.9 Å². The van der Waals surface area contributed by atoms with Crippen molar-refractivity contribution in [1.29, 1.82) is 0 Å². The molecular weight excluding hydrogens is 400 g/mol. The van der Waals surface area contributed by atoms with Gasteiger partial charge in [0.25, 0.3) is 0 Å². The van der Waals surface area contributed by atoms with Crippen molar-refractivity contribution < 1.29 is 19.1 Å². The lowest BCUT2D eigenvalue weighted by Crippen LogP contribution is -2.39. The fraction of sp³-hybridized carbons (Fsp3) is 0.429. The molecule has 2 unspecified atom stereocenters. The first kappa shape index (κ1) is 17.6. The summed E-state index contributed by atoms with van der Waals surface area (Å²) in [5, 5.41) is 0. The van der Waals surface area contributed by atoms with Crippen LogP contribution in [0.3, 0.4) is 0 Å². The van der Waals surface area contributed by atoms with Crippen LogP contribution in [0.5, 0.6) is 0 Å². The predicted molar refractivity (Wildman–Crippen MR) is 116 cm³/mol. The van der Waals surface area contributed by atoms with Gasteiger partial charge in [0, 0.05) is 23.7 Å². The highest BCUT2D eigenvalue weighted by atomic mass is 16.5. The first-order valence-corrected chi connectivity index (χ1v) is 11.8. The van der Waals surface area contributed by atoms with Gasteiger partial charge in [-0.2, -0.15) is 0 Å². The third-order valence-electron chi connectivity index (χ3n) is 9.76. The summed E-state index contributed by atoms with van der Waals surface area (Å²) >= 11 is 0. The van der Waals surface area contributed by atoms with Crippen LogP contribution in [-0.4, -0.2) is 26.2 Å². The van der Waals surface area contributed by atoms with E-state index >= 15 is 0 Å². The van der Waals surface area contributed by atoms with Crippen molar-refractivity contribution in [3.63, 3.8) is 0 Å². The second-order valence-corrected chi connectivity index (χ2v) is 10.5. The molecule has 0 aromatic heterocycles. The summed E-state index contributed by atoms with van der Waals surface area (Å²) in [6, 6.07) is 17.6. The zero-order valence-electron chi connectivity index (χ0n) is 18.0. The van der Waals surface area contributed by atoms with E-state index in [2.05, 4.69) is 48.5 Å². The van der Waals surface area contributed by atoms with E-state index in [1.54, 1.807) is 0 Å². The van der Waals surface area contributed by atoms with Gasteiger partial charge < -0.3 is 9.47 Å². The second-order valence-electron chi connectivity index (χ2n) is 10.5. The van der Waals surface area contributed by atoms with E-state index in [1.807, 2.05) is 0 Å². The van der Waals surface area contributed by atoms with Gasteiger partial charge >= 0.3 is 11.9 Å². The summed E-state index contributed by atoms with van der Waals surface area (Å²) < 4.78 is 10.5. The Bertz CT molecular complexity index is 1100. The molecule has 4 heteroatoms. The lowest BCUT2D eigenvalue weighted by molar-refractivity contribution is -0.143. The number of esters is 2. The Morgan fingerprint density at radius 3 is 1.09 bits per heavy atom. The summed E-state index contributed by atoms with van der Waals surface area (Å²) in [5.41, 5.74) is 8.69. The standard InChI is InChI=1S/C28H24O4/c1-31-27(29)25-21-15-11-7-3-4-8-12(11)16(22(21)25)20-18-14-10-6-5-9-13(14)17(19(15)20)23-24(18)26(23)28(30)32-2/h3-10,15-18,21-26H,1-2H3/t15-,16+,17-,18+,21+,22-,23+,24-,25?,26?. The zero-order valence-corrected chi connectivity index (χ0v) is 18.0. The van der Waals surface area contributed by atoms with Crippen molar-refractivity contribution in [2.45, 2.75) is 23.7 Å². The number of allylic oxidation sites excluding steroid dienone is 2. The molecule has 32 heavy (non-hydrogen) atoms. The number of benzene rings is 2. The molecule has 0 spiro atoms. The van der Waals surface area contributed by atoms with E-state index in [-0.39, 0.29) is 47.4 Å². The highest BCUT2D eigenvalue weighted by molar-refractivity contribution is 5.83. The Hall–Kier alpha value is -2.88. The summed E-state index contributed by atoms with van der Waals surface area (Å²) in [5.74, 6) is 2.27. The molecule has 0 saturated heterocycles. The van der Waals surface area contributed by atoms with Crippen LogP contribution in [0.25, 0.3) is 0 Å². The van der Waals surface area contributed by atoms with Crippen molar-refractivity contribution in [2.24, 2.45) is 35.5 Å². The average Bonchev–Trinajstić information content (AvgIpc) is 3.75. The highest BCUT2D eigenvalue weighted by Crippen LogP contribution is 2.82. The number of rotatable bonds is 2. The third kappa shape index (κ3) is 1.74. The minimum atomic E-state index is -0.0508. The van der Waals surface area contributed by atoms with E-state index in [1.165, 1.54) is 47.6 Å². The molecule has 2 aromatic carbocycles. The molecule has 0 amide bonds. The number of carbonyl (C=O) groups is 2. The maximum absolute atomic E-state index is 12.8. The molecule has 10 atom stereocenters. The van der Waals surface area contributed by atoms with Gasteiger partial charge in [-0.15, -0.1) is 0 Å². The van der Waals surface area contributed by atoms with Crippen LogP contribution in [0.4, 0.5) is 0 Å². The summed E-state index contributed by atoms with van der Waals surface area (Å²) in [6.45, 7) is 0. The van der Waals surface area contributed by atoms with Crippen molar-refractivity contribution in [3.8, 4) is 0 Å². The van der Waals surface area contributed by atoms with Gasteiger partial charge in [-0.1, -0.05) is 59.7 Å². The fourth-order valence-electron chi connectivity index (χ4n) is 8.93. The summed E-state index contributed by atoms with van der Waals surface area (Å²) in [7, 11) is 3.04. The third-order valence-corrected chi connectivity index (χ3v) is 9.76.